The van der Waals surface area contributed by atoms with E-state index in [9.17, 15) is 4.79 Å². The van der Waals surface area contributed by atoms with E-state index in [0.29, 0.717) is 17.0 Å². The minimum Gasteiger partial charge on any atom is -0.396 e. The van der Waals surface area contributed by atoms with Gasteiger partial charge in [-0.2, -0.15) is 0 Å². The average Bonchev–Trinajstić information content (AvgIpc) is 2.29. The summed E-state index contributed by atoms with van der Waals surface area (Å²) < 4.78 is 0. The molecule has 0 aliphatic carbocycles. The zero-order valence-electron chi connectivity index (χ0n) is 10.2. The first-order valence-corrected chi connectivity index (χ1v) is 6.08. The van der Waals surface area contributed by atoms with E-state index in [1.165, 1.54) is 0 Å². The number of hydrogen-bond donors (Lipinski definition) is 2. The van der Waals surface area contributed by atoms with Gasteiger partial charge in [0.1, 0.15) is 0 Å². The number of carbonyl (C=O) groups is 1. The van der Waals surface area contributed by atoms with Crippen LogP contribution < -0.4 is 5.32 Å². The molecule has 1 atom stereocenters. The summed E-state index contributed by atoms with van der Waals surface area (Å²) >= 11 is 5.96. The standard InChI is InChI=1S/C13H18ClNO2/c1-3-13(2,8-9-16)15-12(17)10-6-4-5-7-11(10)14/h4-7,16H,3,8-9H2,1-2H3,(H,15,17). The predicted octanol–water partition coefficient (Wildman–Crippen LogP) is 2.62. The van der Waals surface area contributed by atoms with Crippen molar-refractivity contribution < 1.29 is 9.90 Å². The smallest absolute Gasteiger partial charge is 0.253 e. The maximum atomic E-state index is 12.0. The van der Waals surface area contributed by atoms with E-state index < -0.39 is 5.54 Å². The lowest BCUT2D eigenvalue weighted by Gasteiger charge is -2.29. The lowest BCUT2D eigenvalue weighted by Crippen LogP contribution is -2.46. The van der Waals surface area contributed by atoms with Crippen LogP contribution in [0, 0.1) is 0 Å². The Balaban J connectivity index is 2.82. The number of halogens is 1. The number of hydrogen-bond acceptors (Lipinski definition) is 2. The summed E-state index contributed by atoms with van der Waals surface area (Å²) in [5.74, 6) is -0.201. The third-order valence-electron chi connectivity index (χ3n) is 2.98. The van der Waals surface area contributed by atoms with Gasteiger partial charge in [-0.25, -0.2) is 0 Å². The lowest BCUT2D eigenvalue weighted by molar-refractivity contribution is 0.0886. The Hall–Kier alpha value is -1.06. The van der Waals surface area contributed by atoms with Crippen molar-refractivity contribution in [2.75, 3.05) is 6.61 Å². The molecule has 0 spiro atoms. The molecular weight excluding hydrogens is 238 g/mol. The van der Waals surface area contributed by atoms with Crippen molar-refractivity contribution in [1.29, 1.82) is 0 Å². The van der Waals surface area contributed by atoms with E-state index in [0.717, 1.165) is 6.42 Å². The molecule has 0 radical (unpaired) electrons. The number of amides is 1. The van der Waals surface area contributed by atoms with Crippen molar-refractivity contribution in [1.82, 2.24) is 5.32 Å². The van der Waals surface area contributed by atoms with Crippen molar-refractivity contribution in [2.24, 2.45) is 0 Å². The van der Waals surface area contributed by atoms with Gasteiger partial charge in [-0.3, -0.25) is 4.79 Å². The summed E-state index contributed by atoms with van der Waals surface area (Å²) in [6.45, 7) is 3.94. The quantitative estimate of drug-likeness (QED) is 0.850. The van der Waals surface area contributed by atoms with Gasteiger partial charge in [-0.15, -0.1) is 0 Å². The lowest BCUT2D eigenvalue weighted by atomic mass is 9.94. The first-order valence-electron chi connectivity index (χ1n) is 5.70. The maximum Gasteiger partial charge on any atom is 0.253 e. The molecule has 3 nitrogen and oxygen atoms in total. The molecule has 2 N–H and O–H groups in total. The molecule has 0 aliphatic heterocycles. The highest BCUT2D eigenvalue weighted by atomic mass is 35.5. The van der Waals surface area contributed by atoms with Gasteiger partial charge in [0.05, 0.1) is 10.6 Å². The minimum atomic E-state index is -0.398. The highest BCUT2D eigenvalue weighted by Gasteiger charge is 2.24. The molecule has 0 fully saturated rings. The molecule has 0 aliphatic rings. The third kappa shape index (κ3) is 3.72. The monoisotopic (exact) mass is 255 g/mol. The van der Waals surface area contributed by atoms with Gasteiger partial charge >= 0.3 is 0 Å². The Morgan fingerprint density at radius 3 is 2.65 bits per heavy atom. The van der Waals surface area contributed by atoms with Crippen LogP contribution in [-0.2, 0) is 0 Å². The summed E-state index contributed by atoms with van der Waals surface area (Å²) in [7, 11) is 0. The normalized spacial score (nSPS) is 14.1. The Labute approximate surface area is 107 Å². The van der Waals surface area contributed by atoms with Crippen LogP contribution >= 0.6 is 11.6 Å². The van der Waals surface area contributed by atoms with Gasteiger partial charge in [0.15, 0.2) is 0 Å². The molecule has 1 aromatic rings. The molecule has 0 saturated heterocycles. The molecule has 1 rings (SSSR count). The van der Waals surface area contributed by atoms with Crippen LogP contribution in [0.2, 0.25) is 5.02 Å². The van der Waals surface area contributed by atoms with E-state index >= 15 is 0 Å². The highest BCUT2D eigenvalue weighted by Crippen LogP contribution is 2.18. The van der Waals surface area contributed by atoms with Crippen molar-refractivity contribution in [3.63, 3.8) is 0 Å². The largest absolute Gasteiger partial charge is 0.396 e. The van der Waals surface area contributed by atoms with Crippen molar-refractivity contribution >= 4 is 17.5 Å². The Morgan fingerprint density at radius 2 is 2.12 bits per heavy atom. The molecule has 0 saturated carbocycles. The molecule has 94 valence electrons. The summed E-state index contributed by atoms with van der Waals surface area (Å²) in [6.07, 6.45) is 1.28. The minimum absolute atomic E-state index is 0.0488. The summed E-state index contributed by atoms with van der Waals surface area (Å²) in [5, 5.41) is 12.3. The first-order chi connectivity index (χ1) is 8.02. The van der Waals surface area contributed by atoms with Gasteiger partial charge < -0.3 is 10.4 Å². The molecule has 1 aromatic carbocycles. The van der Waals surface area contributed by atoms with Crippen LogP contribution in [0.4, 0.5) is 0 Å². The molecule has 0 aromatic heterocycles. The molecule has 0 heterocycles. The number of benzene rings is 1. The second kappa shape index (κ2) is 6.03. The summed E-state index contributed by atoms with van der Waals surface area (Å²) in [5.41, 5.74) is 0.0668. The molecule has 1 unspecified atom stereocenters. The van der Waals surface area contributed by atoms with Crippen LogP contribution in [0.1, 0.15) is 37.0 Å². The van der Waals surface area contributed by atoms with Crippen LogP contribution in [0.5, 0.6) is 0 Å². The SMILES string of the molecule is CCC(C)(CCO)NC(=O)c1ccccc1Cl. The van der Waals surface area contributed by atoms with E-state index in [1.807, 2.05) is 13.8 Å². The van der Waals surface area contributed by atoms with Crippen molar-refractivity contribution in [2.45, 2.75) is 32.2 Å². The van der Waals surface area contributed by atoms with Crippen LogP contribution in [0.15, 0.2) is 24.3 Å². The second-order valence-corrected chi connectivity index (χ2v) is 4.73. The number of nitrogens with one attached hydrogen (secondary N) is 1. The number of aliphatic hydroxyl groups is 1. The van der Waals surface area contributed by atoms with Gasteiger partial charge in [0.2, 0.25) is 0 Å². The van der Waals surface area contributed by atoms with Crippen LogP contribution in [0.3, 0.4) is 0 Å². The van der Waals surface area contributed by atoms with Gasteiger partial charge in [0, 0.05) is 12.1 Å². The van der Waals surface area contributed by atoms with Crippen molar-refractivity contribution in [3.05, 3.63) is 34.9 Å². The van der Waals surface area contributed by atoms with Gasteiger partial charge in [0.25, 0.3) is 5.91 Å². The molecule has 4 heteroatoms. The summed E-state index contributed by atoms with van der Waals surface area (Å²) in [4.78, 5) is 12.0. The molecular formula is C13H18ClNO2. The number of rotatable bonds is 5. The van der Waals surface area contributed by atoms with E-state index in [-0.39, 0.29) is 12.5 Å². The predicted molar refractivity (Wildman–Crippen MR) is 69.3 cm³/mol. The fourth-order valence-electron chi connectivity index (χ4n) is 1.56. The Kier molecular flexibility index (Phi) is 4.97. The van der Waals surface area contributed by atoms with Crippen molar-refractivity contribution in [3.8, 4) is 0 Å². The highest BCUT2D eigenvalue weighted by molar-refractivity contribution is 6.33. The fraction of sp³-hybridized carbons (Fsp3) is 0.462. The average molecular weight is 256 g/mol. The molecule has 1 amide bonds. The summed E-state index contributed by atoms with van der Waals surface area (Å²) in [6, 6.07) is 6.93. The number of aliphatic hydroxyl groups excluding tert-OH is 1. The number of carbonyl (C=O) groups excluding carboxylic acids is 1. The van der Waals surface area contributed by atoms with Crippen LogP contribution in [-0.4, -0.2) is 23.2 Å². The van der Waals surface area contributed by atoms with Gasteiger partial charge in [-0.1, -0.05) is 30.7 Å². The molecule has 0 bridgehead atoms. The fourth-order valence-corrected chi connectivity index (χ4v) is 1.78. The Morgan fingerprint density at radius 1 is 1.47 bits per heavy atom. The van der Waals surface area contributed by atoms with E-state index in [1.54, 1.807) is 24.3 Å². The van der Waals surface area contributed by atoms with Gasteiger partial charge in [-0.05, 0) is 31.9 Å². The molecule has 17 heavy (non-hydrogen) atoms. The van der Waals surface area contributed by atoms with Crippen LogP contribution in [0.25, 0.3) is 0 Å². The maximum absolute atomic E-state index is 12.0. The zero-order valence-corrected chi connectivity index (χ0v) is 10.9. The Bertz CT molecular complexity index is 395. The van der Waals surface area contributed by atoms with E-state index in [2.05, 4.69) is 5.32 Å². The van der Waals surface area contributed by atoms with E-state index in [4.69, 9.17) is 16.7 Å². The third-order valence-corrected chi connectivity index (χ3v) is 3.31. The topological polar surface area (TPSA) is 49.3 Å². The first kappa shape index (κ1) is 14.0. The second-order valence-electron chi connectivity index (χ2n) is 4.32. The zero-order chi connectivity index (χ0) is 12.9.